The molecular formula is C12H16NO2-. The fourth-order valence-electron chi connectivity index (χ4n) is 1.79. The van der Waals surface area contributed by atoms with E-state index in [2.05, 4.69) is 12.1 Å². The molecule has 0 atom stereocenters. The van der Waals surface area contributed by atoms with Crippen molar-refractivity contribution in [3.8, 4) is 0 Å². The lowest BCUT2D eigenvalue weighted by atomic mass is 10.1. The molecule has 82 valence electrons. The summed E-state index contributed by atoms with van der Waals surface area (Å²) < 4.78 is 5.75. The average Bonchev–Trinajstić information content (AvgIpc) is 2.30. The van der Waals surface area contributed by atoms with E-state index in [1.54, 1.807) is 0 Å². The van der Waals surface area contributed by atoms with E-state index in [1.807, 2.05) is 18.2 Å². The Morgan fingerprint density at radius 1 is 1.20 bits per heavy atom. The number of ether oxygens (including phenoxy) is 1. The summed E-state index contributed by atoms with van der Waals surface area (Å²) in [6.07, 6.45) is 1.97. The van der Waals surface area contributed by atoms with E-state index in [0.29, 0.717) is 19.7 Å². The van der Waals surface area contributed by atoms with Crippen LogP contribution in [0.15, 0.2) is 30.3 Å². The summed E-state index contributed by atoms with van der Waals surface area (Å²) in [6.45, 7) is 1.88. The average molecular weight is 206 g/mol. The van der Waals surface area contributed by atoms with E-state index in [0.717, 1.165) is 17.9 Å². The van der Waals surface area contributed by atoms with Crippen molar-refractivity contribution in [3.05, 3.63) is 41.1 Å². The Kier molecular flexibility index (Phi) is 3.72. The predicted molar refractivity (Wildman–Crippen MR) is 59.2 cm³/mol. The number of hydrogen-bond acceptors (Lipinski definition) is 3. The Bertz CT molecular complexity index is 281. The van der Waals surface area contributed by atoms with Crippen molar-refractivity contribution in [2.45, 2.75) is 25.6 Å². The van der Waals surface area contributed by atoms with Crippen LogP contribution in [0.5, 0.6) is 0 Å². The molecule has 1 aliphatic heterocycles. The van der Waals surface area contributed by atoms with E-state index >= 15 is 0 Å². The minimum absolute atomic E-state index is 0.260. The maximum atomic E-state index is 10.9. The Balaban J connectivity index is 1.74. The molecule has 1 aromatic rings. The van der Waals surface area contributed by atoms with Crippen molar-refractivity contribution in [2.24, 2.45) is 0 Å². The van der Waals surface area contributed by atoms with Crippen molar-refractivity contribution in [2.75, 3.05) is 13.1 Å². The smallest absolute Gasteiger partial charge is 0.0720 e. The molecule has 1 heterocycles. The molecule has 0 aliphatic carbocycles. The third-order valence-electron chi connectivity index (χ3n) is 2.73. The first-order chi connectivity index (χ1) is 7.34. The molecule has 2 rings (SSSR count). The second-order valence-electron chi connectivity index (χ2n) is 3.92. The Hall–Kier alpha value is -0.900. The van der Waals surface area contributed by atoms with Crippen molar-refractivity contribution >= 4 is 0 Å². The van der Waals surface area contributed by atoms with Crippen molar-refractivity contribution < 1.29 is 4.74 Å². The molecule has 3 nitrogen and oxygen atoms in total. The number of nitrogens with zero attached hydrogens (tertiary/aromatic N) is 1. The zero-order valence-corrected chi connectivity index (χ0v) is 8.76. The standard InChI is InChI=1S/C12H16NO2/c14-13-8-6-12(7-9-13)15-10-11-4-2-1-3-5-11/h1-5,12H,6-10H2/q-1. The molecule has 0 radical (unpaired) electrons. The third-order valence-corrected chi connectivity index (χ3v) is 2.73. The van der Waals surface area contributed by atoms with Gasteiger partial charge in [0, 0.05) is 0 Å². The zero-order chi connectivity index (χ0) is 10.5. The van der Waals surface area contributed by atoms with Crippen LogP contribution in [-0.4, -0.2) is 24.3 Å². The molecule has 0 amide bonds. The summed E-state index contributed by atoms with van der Waals surface area (Å²) in [5.41, 5.74) is 1.20. The van der Waals surface area contributed by atoms with Gasteiger partial charge in [0.15, 0.2) is 0 Å². The van der Waals surface area contributed by atoms with Crippen LogP contribution in [0.1, 0.15) is 18.4 Å². The highest BCUT2D eigenvalue weighted by Gasteiger charge is 2.14. The lowest BCUT2D eigenvalue weighted by Gasteiger charge is -2.36. The lowest BCUT2D eigenvalue weighted by Crippen LogP contribution is -2.33. The van der Waals surface area contributed by atoms with Crippen LogP contribution in [0.2, 0.25) is 0 Å². The fraction of sp³-hybridized carbons (Fsp3) is 0.500. The normalized spacial score (nSPS) is 19.3. The summed E-state index contributed by atoms with van der Waals surface area (Å²) >= 11 is 0. The van der Waals surface area contributed by atoms with Crippen LogP contribution in [0.4, 0.5) is 0 Å². The summed E-state index contributed by atoms with van der Waals surface area (Å²) in [5, 5.41) is 12.1. The molecule has 0 saturated carbocycles. The topological polar surface area (TPSA) is 35.5 Å². The number of benzene rings is 1. The van der Waals surface area contributed by atoms with Crippen LogP contribution in [0.25, 0.3) is 0 Å². The number of hydrogen-bond donors (Lipinski definition) is 0. The van der Waals surface area contributed by atoms with Gasteiger partial charge in [-0.25, -0.2) is 0 Å². The van der Waals surface area contributed by atoms with E-state index in [1.165, 1.54) is 5.56 Å². The minimum Gasteiger partial charge on any atom is -0.785 e. The fourth-order valence-corrected chi connectivity index (χ4v) is 1.79. The molecule has 1 aromatic carbocycles. The van der Waals surface area contributed by atoms with Gasteiger partial charge >= 0.3 is 0 Å². The quantitative estimate of drug-likeness (QED) is 0.760. The van der Waals surface area contributed by atoms with Crippen molar-refractivity contribution in [3.63, 3.8) is 0 Å². The predicted octanol–water partition coefficient (Wildman–Crippen LogP) is 2.17. The van der Waals surface area contributed by atoms with Crippen LogP contribution in [0, 0.1) is 5.21 Å². The molecule has 0 aromatic heterocycles. The monoisotopic (exact) mass is 206 g/mol. The maximum absolute atomic E-state index is 10.9. The first-order valence-electron chi connectivity index (χ1n) is 5.42. The van der Waals surface area contributed by atoms with Gasteiger partial charge in [0.2, 0.25) is 0 Å². The zero-order valence-electron chi connectivity index (χ0n) is 8.76. The summed E-state index contributed by atoms with van der Waals surface area (Å²) in [7, 11) is 0. The Morgan fingerprint density at radius 2 is 1.87 bits per heavy atom. The largest absolute Gasteiger partial charge is 0.785 e. The summed E-state index contributed by atoms with van der Waals surface area (Å²) in [4.78, 5) is 0. The van der Waals surface area contributed by atoms with Gasteiger partial charge in [-0.2, -0.15) is 0 Å². The van der Waals surface area contributed by atoms with Gasteiger partial charge in [-0.05, 0) is 31.5 Å². The molecule has 0 N–H and O–H groups in total. The van der Waals surface area contributed by atoms with Gasteiger partial charge < -0.3 is 15.0 Å². The Morgan fingerprint density at radius 3 is 2.53 bits per heavy atom. The van der Waals surface area contributed by atoms with Gasteiger partial charge in [0.25, 0.3) is 0 Å². The number of hydroxylamine groups is 2. The summed E-state index contributed by atoms with van der Waals surface area (Å²) in [5.74, 6) is 0. The first-order valence-corrected chi connectivity index (χ1v) is 5.42. The van der Waals surface area contributed by atoms with Gasteiger partial charge in [0.05, 0.1) is 12.7 Å². The molecule has 1 fully saturated rings. The van der Waals surface area contributed by atoms with Crippen LogP contribution in [-0.2, 0) is 11.3 Å². The highest BCUT2D eigenvalue weighted by Crippen LogP contribution is 2.14. The molecule has 1 aliphatic rings. The maximum Gasteiger partial charge on any atom is 0.0720 e. The summed E-state index contributed by atoms with van der Waals surface area (Å²) in [6, 6.07) is 10.1. The third kappa shape index (κ3) is 3.30. The number of piperidine rings is 1. The van der Waals surface area contributed by atoms with E-state index in [9.17, 15) is 5.21 Å². The minimum atomic E-state index is 0.260. The van der Waals surface area contributed by atoms with Crippen LogP contribution in [0.3, 0.4) is 0 Å². The van der Waals surface area contributed by atoms with E-state index in [4.69, 9.17) is 4.74 Å². The van der Waals surface area contributed by atoms with Crippen LogP contribution >= 0.6 is 0 Å². The molecule has 1 saturated heterocycles. The van der Waals surface area contributed by atoms with Crippen molar-refractivity contribution in [1.29, 1.82) is 0 Å². The molecule has 3 heteroatoms. The molecule has 0 spiro atoms. The highest BCUT2D eigenvalue weighted by molar-refractivity contribution is 5.13. The van der Waals surface area contributed by atoms with Crippen molar-refractivity contribution in [1.82, 2.24) is 5.06 Å². The van der Waals surface area contributed by atoms with Gasteiger partial charge in [0.1, 0.15) is 0 Å². The van der Waals surface area contributed by atoms with E-state index < -0.39 is 0 Å². The van der Waals surface area contributed by atoms with Gasteiger partial charge in [-0.15, -0.1) is 0 Å². The molecule has 0 unspecified atom stereocenters. The highest BCUT2D eigenvalue weighted by atomic mass is 16.5. The second-order valence-corrected chi connectivity index (χ2v) is 3.92. The lowest BCUT2D eigenvalue weighted by molar-refractivity contribution is 0.00542. The molecule has 0 bridgehead atoms. The van der Waals surface area contributed by atoms with Gasteiger partial charge in [-0.1, -0.05) is 30.3 Å². The number of rotatable bonds is 3. The molecular weight excluding hydrogens is 190 g/mol. The molecule has 15 heavy (non-hydrogen) atoms. The van der Waals surface area contributed by atoms with Gasteiger partial charge in [-0.3, -0.25) is 0 Å². The SMILES string of the molecule is [O-]N1CCC(OCc2ccccc2)CC1. The van der Waals surface area contributed by atoms with E-state index in [-0.39, 0.29) is 6.10 Å². The van der Waals surface area contributed by atoms with Crippen LogP contribution < -0.4 is 0 Å². The Labute approximate surface area is 90.2 Å². The first kappa shape index (κ1) is 10.6. The second kappa shape index (κ2) is 5.26.